The molecule has 26 heavy (non-hydrogen) atoms. The van der Waals surface area contributed by atoms with Gasteiger partial charge in [0.1, 0.15) is 12.3 Å². The number of esters is 1. The number of carbonyl (C=O) groups is 1. The summed E-state index contributed by atoms with van der Waals surface area (Å²) < 4.78 is 11.7. The van der Waals surface area contributed by atoms with E-state index in [2.05, 4.69) is 0 Å². The van der Waals surface area contributed by atoms with Crippen LogP contribution in [0.1, 0.15) is 0 Å². The van der Waals surface area contributed by atoms with E-state index in [0.717, 1.165) is 11.1 Å². The van der Waals surface area contributed by atoms with Gasteiger partial charge < -0.3 is 9.15 Å². The number of hydrogen-bond acceptors (Lipinski definition) is 4. The Labute approximate surface area is 149 Å². The maximum atomic E-state index is 12.2. The Morgan fingerprint density at radius 1 is 0.846 bits per heavy atom. The quantitative estimate of drug-likeness (QED) is 0.416. The second kappa shape index (κ2) is 6.72. The summed E-state index contributed by atoms with van der Waals surface area (Å²) in [6.45, 7) is -0.212. The molecule has 0 saturated heterocycles. The van der Waals surface area contributed by atoms with Gasteiger partial charge in [0, 0.05) is 0 Å². The maximum Gasteiger partial charge on any atom is 0.420 e. The van der Waals surface area contributed by atoms with E-state index < -0.39 is 11.7 Å². The number of para-hydroxylation sites is 2. The summed E-state index contributed by atoms with van der Waals surface area (Å²) in [5, 5.41) is 0. The summed E-state index contributed by atoms with van der Waals surface area (Å²) in [7, 11) is 0. The van der Waals surface area contributed by atoms with Gasteiger partial charge in [-0.3, -0.25) is 4.57 Å². The average Bonchev–Trinajstić information content (AvgIpc) is 2.98. The molecule has 0 amide bonds. The highest BCUT2D eigenvalue weighted by Gasteiger charge is 2.13. The van der Waals surface area contributed by atoms with Crippen LogP contribution in [0.25, 0.3) is 22.2 Å². The molecule has 5 nitrogen and oxygen atoms in total. The fourth-order valence-corrected chi connectivity index (χ4v) is 2.80. The highest BCUT2D eigenvalue weighted by atomic mass is 16.5. The van der Waals surface area contributed by atoms with E-state index in [1.807, 2.05) is 42.5 Å². The summed E-state index contributed by atoms with van der Waals surface area (Å²) in [5.41, 5.74) is 3.12. The summed E-state index contributed by atoms with van der Waals surface area (Å²) in [6.07, 6.45) is 0. The second-order valence-corrected chi connectivity index (χ2v) is 5.79. The van der Waals surface area contributed by atoms with Crippen molar-refractivity contribution < 1.29 is 13.9 Å². The molecule has 1 aromatic heterocycles. The van der Waals surface area contributed by atoms with Crippen molar-refractivity contribution in [3.05, 3.63) is 89.4 Å². The Morgan fingerprint density at radius 2 is 1.50 bits per heavy atom. The van der Waals surface area contributed by atoms with Crippen molar-refractivity contribution in [3.63, 3.8) is 0 Å². The lowest BCUT2D eigenvalue weighted by Crippen LogP contribution is -2.23. The lowest BCUT2D eigenvalue weighted by atomic mass is 10.1. The van der Waals surface area contributed by atoms with Crippen LogP contribution in [0.5, 0.6) is 5.75 Å². The Balaban J connectivity index is 1.50. The van der Waals surface area contributed by atoms with Crippen LogP contribution in [0.15, 0.2) is 88.1 Å². The van der Waals surface area contributed by atoms with Gasteiger partial charge in [-0.1, -0.05) is 54.6 Å². The standard InChI is InChI=1S/C21H15NO4/c23-20(14-22-18-8-4-5-9-19(18)26-21(22)24)25-17-12-10-16(11-13-17)15-6-2-1-3-7-15/h1-13H,14H2. The molecule has 0 atom stereocenters. The normalized spacial score (nSPS) is 10.8. The minimum atomic E-state index is -0.581. The molecule has 1 heterocycles. The average molecular weight is 345 g/mol. The summed E-state index contributed by atoms with van der Waals surface area (Å²) >= 11 is 0. The highest BCUT2D eigenvalue weighted by Crippen LogP contribution is 2.22. The van der Waals surface area contributed by atoms with Crippen LogP contribution in [0, 0.1) is 0 Å². The third kappa shape index (κ3) is 3.15. The number of carbonyl (C=O) groups excluding carboxylic acids is 1. The van der Waals surface area contributed by atoms with Gasteiger partial charge in [0.05, 0.1) is 5.52 Å². The van der Waals surface area contributed by atoms with Gasteiger partial charge in [-0.25, -0.2) is 9.59 Å². The molecule has 0 N–H and O–H groups in total. The topological polar surface area (TPSA) is 61.4 Å². The van der Waals surface area contributed by atoms with Crippen LogP contribution in [-0.4, -0.2) is 10.5 Å². The third-order valence-corrected chi connectivity index (χ3v) is 4.05. The zero-order valence-electron chi connectivity index (χ0n) is 13.8. The van der Waals surface area contributed by atoms with Crippen molar-refractivity contribution in [2.45, 2.75) is 6.54 Å². The molecule has 0 saturated carbocycles. The molecule has 0 fully saturated rings. The van der Waals surface area contributed by atoms with Gasteiger partial charge in [0.15, 0.2) is 5.58 Å². The first-order chi connectivity index (χ1) is 12.7. The van der Waals surface area contributed by atoms with Gasteiger partial charge in [-0.15, -0.1) is 0 Å². The SMILES string of the molecule is O=C(Cn1c(=O)oc2ccccc21)Oc1ccc(-c2ccccc2)cc1. The molecule has 0 aliphatic carbocycles. The van der Waals surface area contributed by atoms with Crippen molar-refractivity contribution in [2.24, 2.45) is 0 Å². The number of benzene rings is 3. The van der Waals surface area contributed by atoms with E-state index in [1.54, 1.807) is 36.4 Å². The van der Waals surface area contributed by atoms with E-state index in [4.69, 9.17) is 9.15 Å². The van der Waals surface area contributed by atoms with Gasteiger partial charge in [-0.05, 0) is 35.4 Å². The van der Waals surface area contributed by atoms with Crippen LogP contribution >= 0.6 is 0 Å². The van der Waals surface area contributed by atoms with Crippen molar-refractivity contribution in [1.82, 2.24) is 4.57 Å². The third-order valence-electron chi connectivity index (χ3n) is 4.05. The Hall–Kier alpha value is -3.60. The predicted molar refractivity (Wildman–Crippen MR) is 98.0 cm³/mol. The van der Waals surface area contributed by atoms with E-state index in [0.29, 0.717) is 16.8 Å². The molecule has 0 aliphatic rings. The molecule has 4 rings (SSSR count). The van der Waals surface area contributed by atoms with E-state index in [1.165, 1.54) is 4.57 Å². The van der Waals surface area contributed by atoms with Gasteiger partial charge in [0.25, 0.3) is 0 Å². The molecule has 0 spiro atoms. The molecular formula is C21H15NO4. The van der Waals surface area contributed by atoms with E-state index in [9.17, 15) is 9.59 Å². The first kappa shape index (κ1) is 15.9. The van der Waals surface area contributed by atoms with Gasteiger partial charge in [-0.2, -0.15) is 0 Å². The second-order valence-electron chi connectivity index (χ2n) is 5.79. The monoisotopic (exact) mass is 345 g/mol. The van der Waals surface area contributed by atoms with Crippen LogP contribution in [0.4, 0.5) is 0 Å². The lowest BCUT2D eigenvalue weighted by molar-refractivity contribution is -0.135. The van der Waals surface area contributed by atoms with Gasteiger partial charge >= 0.3 is 11.7 Å². The summed E-state index contributed by atoms with van der Waals surface area (Å²) in [5.74, 6) is -0.691. The molecule has 128 valence electrons. The summed E-state index contributed by atoms with van der Waals surface area (Å²) in [4.78, 5) is 24.1. The maximum absolute atomic E-state index is 12.2. The number of rotatable bonds is 4. The number of nitrogens with zero attached hydrogens (tertiary/aromatic N) is 1. The number of oxazole rings is 1. The highest BCUT2D eigenvalue weighted by molar-refractivity contribution is 5.77. The first-order valence-corrected chi connectivity index (χ1v) is 8.15. The number of aromatic nitrogens is 1. The summed E-state index contributed by atoms with van der Waals surface area (Å²) in [6, 6.07) is 24.1. The van der Waals surface area contributed by atoms with Crippen molar-refractivity contribution in [3.8, 4) is 16.9 Å². The van der Waals surface area contributed by atoms with Crippen molar-refractivity contribution in [1.29, 1.82) is 0 Å². The largest absolute Gasteiger partial charge is 0.425 e. The smallest absolute Gasteiger partial charge is 0.420 e. The van der Waals surface area contributed by atoms with Crippen LogP contribution in [0.2, 0.25) is 0 Å². The molecular weight excluding hydrogens is 330 g/mol. The molecule has 5 heteroatoms. The van der Waals surface area contributed by atoms with Crippen molar-refractivity contribution >= 4 is 17.1 Å². The Morgan fingerprint density at radius 3 is 2.27 bits per heavy atom. The Kier molecular flexibility index (Phi) is 4.11. The van der Waals surface area contributed by atoms with E-state index >= 15 is 0 Å². The van der Waals surface area contributed by atoms with Crippen LogP contribution in [0.3, 0.4) is 0 Å². The molecule has 0 unspecified atom stereocenters. The molecule has 0 aliphatic heterocycles. The lowest BCUT2D eigenvalue weighted by Gasteiger charge is -2.06. The van der Waals surface area contributed by atoms with Crippen molar-refractivity contribution in [2.75, 3.05) is 0 Å². The fourth-order valence-electron chi connectivity index (χ4n) is 2.80. The molecule has 0 bridgehead atoms. The Bertz CT molecular complexity index is 1110. The minimum absolute atomic E-state index is 0.212. The van der Waals surface area contributed by atoms with Crippen LogP contribution in [-0.2, 0) is 11.3 Å². The zero-order chi connectivity index (χ0) is 17.9. The predicted octanol–water partition coefficient (Wildman–Crippen LogP) is 3.87. The van der Waals surface area contributed by atoms with E-state index in [-0.39, 0.29) is 6.54 Å². The molecule has 3 aromatic carbocycles. The zero-order valence-corrected chi connectivity index (χ0v) is 13.8. The first-order valence-electron chi connectivity index (χ1n) is 8.15. The fraction of sp³-hybridized carbons (Fsp3) is 0.0476. The van der Waals surface area contributed by atoms with Gasteiger partial charge in [0.2, 0.25) is 0 Å². The van der Waals surface area contributed by atoms with Crippen LogP contribution < -0.4 is 10.5 Å². The minimum Gasteiger partial charge on any atom is -0.425 e. The number of ether oxygens (including phenoxy) is 1. The number of fused-ring (bicyclic) bond motifs is 1. The molecule has 4 aromatic rings. The molecule has 0 radical (unpaired) electrons. The number of hydrogen-bond donors (Lipinski definition) is 0.